The zero-order valence-corrected chi connectivity index (χ0v) is 16.2. The molecular formula is C17H24N2O5S. The molecule has 1 fully saturated rings. The van der Waals surface area contributed by atoms with Crippen molar-refractivity contribution >= 4 is 21.9 Å². The molecule has 1 heterocycles. The molecule has 1 N–H and O–H groups in total. The Morgan fingerprint density at radius 1 is 1.24 bits per heavy atom. The molecule has 1 aliphatic heterocycles. The van der Waals surface area contributed by atoms with Crippen LogP contribution in [0.3, 0.4) is 0 Å². The number of nitrogens with zero attached hydrogens (tertiary/aromatic N) is 1. The van der Waals surface area contributed by atoms with E-state index in [1.54, 1.807) is 39.8 Å². The van der Waals surface area contributed by atoms with Crippen LogP contribution in [0.1, 0.15) is 37.5 Å². The van der Waals surface area contributed by atoms with Gasteiger partial charge in [-0.15, -0.1) is 4.31 Å². The number of rotatable bonds is 3. The summed E-state index contributed by atoms with van der Waals surface area (Å²) >= 11 is 0. The van der Waals surface area contributed by atoms with Crippen LogP contribution in [0.2, 0.25) is 0 Å². The molecule has 1 aromatic rings. The van der Waals surface area contributed by atoms with E-state index in [0.29, 0.717) is 11.1 Å². The number of esters is 1. The summed E-state index contributed by atoms with van der Waals surface area (Å²) in [5, 5.41) is 2.68. The summed E-state index contributed by atoms with van der Waals surface area (Å²) in [6, 6.07) is 3.55. The summed E-state index contributed by atoms with van der Waals surface area (Å²) in [7, 11) is -4.04. The lowest BCUT2D eigenvalue weighted by atomic mass is 10.0. The standard InChI is InChI=1S/C17H24N2O5S/c1-10-7-11(2)14(12(3)8-10)25(22,23)19-9-17(5,6)18-15(21)16(19)24-13(4)20/h7-8,16H,9H2,1-6H3,(H,18,21). The maximum atomic E-state index is 13.3. The number of nitrogens with one attached hydrogen (secondary N) is 1. The molecule has 1 aliphatic rings. The van der Waals surface area contributed by atoms with Gasteiger partial charge in [0.1, 0.15) is 0 Å². The number of carbonyl (C=O) groups is 2. The van der Waals surface area contributed by atoms with Crippen molar-refractivity contribution in [2.24, 2.45) is 0 Å². The monoisotopic (exact) mass is 368 g/mol. The fraction of sp³-hybridized carbons (Fsp3) is 0.529. The summed E-state index contributed by atoms with van der Waals surface area (Å²) in [5.41, 5.74) is 1.33. The molecule has 0 bridgehead atoms. The Balaban J connectivity index is 2.61. The second kappa shape index (κ2) is 6.42. The lowest BCUT2D eigenvalue weighted by molar-refractivity contribution is -0.166. The SMILES string of the molecule is CC(=O)OC1C(=O)NC(C)(C)CN1S(=O)(=O)c1c(C)cc(C)cc1C. The van der Waals surface area contributed by atoms with Crippen molar-refractivity contribution in [1.82, 2.24) is 9.62 Å². The third-order valence-corrected chi connectivity index (χ3v) is 6.05. The van der Waals surface area contributed by atoms with Crippen LogP contribution in [-0.4, -0.2) is 42.9 Å². The number of sulfonamides is 1. The molecule has 0 spiro atoms. The van der Waals surface area contributed by atoms with E-state index < -0.39 is 33.7 Å². The Morgan fingerprint density at radius 3 is 2.24 bits per heavy atom. The van der Waals surface area contributed by atoms with Crippen LogP contribution in [0.25, 0.3) is 0 Å². The van der Waals surface area contributed by atoms with E-state index in [9.17, 15) is 18.0 Å². The molecule has 0 radical (unpaired) electrons. The molecule has 1 saturated heterocycles. The predicted octanol–water partition coefficient (Wildman–Crippen LogP) is 1.40. The maximum absolute atomic E-state index is 13.3. The molecule has 1 aromatic carbocycles. The summed E-state index contributed by atoms with van der Waals surface area (Å²) in [6.07, 6.45) is -1.52. The molecule has 1 amide bonds. The molecule has 7 nitrogen and oxygen atoms in total. The quantitative estimate of drug-likeness (QED) is 0.814. The number of ether oxygens (including phenoxy) is 1. The van der Waals surface area contributed by atoms with Crippen molar-refractivity contribution in [3.8, 4) is 0 Å². The molecule has 0 aromatic heterocycles. The van der Waals surface area contributed by atoms with E-state index in [1.807, 2.05) is 6.92 Å². The highest BCUT2D eigenvalue weighted by atomic mass is 32.2. The van der Waals surface area contributed by atoms with Crippen molar-refractivity contribution in [3.63, 3.8) is 0 Å². The number of hydrogen-bond acceptors (Lipinski definition) is 5. The van der Waals surface area contributed by atoms with Gasteiger partial charge in [0, 0.05) is 19.0 Å². The Hall–Kier alpha value is -1.93. The molecule has 0 saturated carbocycles. The molecule has 2 rings (SSSR count). The van der Waals surface area contributed by atoms with E-state index in [0.717, 1.165) is 16.8 Å². The molecule has 138 valence electrons. The van der Waals surface area contributed by atoms with Crippen molar-refractivity contribution in [2.45, 2.75) is 58.2 Å². The van der Waals surface area contributed by atoms with Crippen molar-refractivity contribution in [2.75, 3.05) is 6.54 Å². The second-order valence-corrected chi connectivity index (χ2v) is 8.94. The lowest BCUT2D eigenvalue weighted by Crippen LogP contribution is -2.66. The molecular weight excluding hydrogens is 344 g/mol. The summed E-state index contributed by atoms with van der Waals surface area (Å²) < 4.78 is 32.6. The smallest absolute Gasteiger partial charge is 0.304 e. The second-order valence-electron chi connectivity index (χ2n) is 7.11. The van der Waals surface area contributed by atoms with Crippen LogP contribution in [-0.2, 0) is 24.3 Å². The van der Waals surface area contributed by atoms with Crippen molar-refractivity contribution in [3.05, 3.63) is 28.8 Å². The van der Waals surface area contributed by atoms with Gasteiger partial charge in [-0.1, -0.05) is 17.7 Å². The summed E-state index contributed by atoms with van der Waals surface area (Å²) in [5.74, 6) is -1.38. The van der Waals surface area contributed by atoms with Gasteiger partial charge in [0.15, 0.2) is 0 Å². The highest BCUT2D eigenvalue weighted by molar-refractivity contribution is 7.89. The van der Waals surface area contributed by atoms with Gasteiger partial charge in [0.25, 0.3) is 5.91 Å². The normalized spacial score (nSPS) is 20.9. The fourth-order valence-corrected chi connectivity index (χ4v) is 5.26. The predicted molar refractivity (Wildman–Crippen MR) is 92.3 cm³/mol. The van der Waals surface area contributed by atoms with Gasteiger partial charge in [-0.25, -0.2) is 8.42 Å². The first kappa shape index (κ1) is 19.4. The lowest BCUT2D eigenvalue weighted by Gasteiger charge is -2.41. The van der Waals surface area contributed by atoms with Crippen LogP contribution in [0.15, 0.2) is 17.0 Å². The van der Waals surface area contributed by atoms with Crippen LogP contribution >= 0.6 is 0 Å². The van der Waals surface area contributed by atoms with E-state index in [2.05, 4.69) is 5.32 Å². The van der Waals surface area contributed by atoms with Gasteiger partial charge in [0.2, 0.25) is 16.3 Å². The van der Waals surface area contributed by atoms with Crippen LogP contribution in [0, 0.1) is 20.8 Å². The Morgan fingerprint density at radius 2 is 1.76 bits per heavy atom. The van der Waals surface area contributed by atoms with Crippen LogP contribution in [0.4, 0.5) is 0 Å². The van der Waals surface area contributed by atoms with Gasteiger partial charge in [0.05, 0.1) is 4.90 Å². The number of hydrogen-bond donors (Lipinski definition) is 1. The first-order valence-electron chi connectivity index (χ1n) is 7.94. The minimum Gasteiger partial charge on any atom is -0.436 e. The van der Waals surface area contributed by atoms with Crippen molar-refractivity contribution < 1.29 is 22.7 Å². The van der Waals surface area contributed by atoms with Gasteiger partial charge in [-0.2, -0.15) is 0 Å². The molecule has 0 aliphatic carbocycles. The summed E-state index contributed by atoms with van der Waals surface area (Å²) in [6.45, 7) is 9.87. The third kappa shape index (κ3) is 3.85. The first-order chi connectivity index (χ1) is 11.3. The minimum absolute atomic E-state index is 0.00816. The maximum Gasteiger partial charge on any atom is 0.304 e. The first-order valence-corrected chi connectivity index (χ1v) is 9.38. The molecule has 1 unspecified atom stereocenters. The van der Waals surface area contributed by atoms with E-state index >= 15 is 0 Å². The number of piperazine rings is 1. The number of carbonyl (C=O) groups excluding carboxylic acids is 2. The van der Waals surface area contributed by atoms with Crippen LogP contribution < -0.4 is 5.32 Å². The van der Waals surface area contributed by atoms with E-state index in [4.69, 9.17) is 4.74 Å². The highest BCUT2D eigenvalue weighted by Gasteiger charge is 2.47. The Bertz CT molecular complexity index is 806. The minimum atomic E-state index is -4.04. The van der Waals surface area contributed by atoms with Gasteiger partial charge >= 0.3 is 5.97 Å². The molecule has 1 atom stereocenters. The average molecular weight is 368 g/mol. The largest absolute Gasteiger partial charge is 0.436 e. The highest BCUT2D eigenvalue weighted by Crippen LogP contribution is 2.30. The average Bonchev–Trinajstić information content (AvgIpc) is 2.38. The number of aryl methyl sites for hydroxylation is 3. The molecule has 8 heteroatoms. The Kier molecular flexibility index (Phi) is 4.98. The van der Waals surface area contributed by atoms with E-state index in [1.165, 1.54) is 0 Å². The van der Waals surface area contributed by atoms with E-state index in [-0.39, 0.29) is 11.4 Å². The number of benzene rings is 1. The topological polar surface area (TPSA) is 92.8 Å². The number of amides is 1. The van der Waals surface area contributed by atoms with Gasteiger partial charge < -0.3 is 10.1 Å². The fourth-order valence-electron chi connectivity index (χ4n) is 3.21. The zero-order valence-electron chi connectivity index (χ0n) is 15.3. The van der Waals surface area contributed by atoms with Crippen LogP contribution in [0.5, 0.6) is 0 Å². The summed E-state index contributed by atoms with van der Waals surface area (Å²) in [4.78, 5) is 23.9. The van der Waals surface area contributed by atoms with Gasteiger partial charge in [-0.3, -0.25) is 9.59 Å². The zero-order chi connectivity index (χ0) is 19.2. The van der Waals surface area contributed by atoms with Gasteiger partial charge in [-0.05, 0) is 45.7 Å². The van der Waals surface area contributed by atoms with Crippen molar-refractivity contribution in [1.29, 1.82) is 0 Å². The third-order valence-electron chi connectivity index (χ3n) is 3.95. The molecule has 25 heavy (non-hydrogen) atoms. The Labute approximate surface area is 148 Å².